The van der Waals surface area contributed by atoms with Crippen molar-refractivity contribution in [2.45, 2.75) is 18.0 Å². The molecule has 2 nitrogen and oxygen atoms in total. The molecule has 0 spiro atoms. The third-order valence-corrected chi connectivity index (χ3v) is 14.1. The molecule has 0 saturated carbocycles. The van der Waals surface area contributed by atoms with Crippen LogP contribution in [0, 0.1) is 5.92 Å². The number of fused-ring (bicyclic) bond motifs is 7. The van der Waals surface area contributed by atoms with Crippen LogP contribution in [-0.2, 0) is 5.41 Å². The van der Waals surface area contributed by atoms with Crippen molar-refractivity contribution in [3.05, 3.63) is 245 Å². The third kappa shape index (κ3) is 5.36. The van der Waals surface area contributed by atoms with Gasteiger partial charge in [0.1, 0.15) is 6.17 Å². The highest BCUT2D eigenvalue weighted by Gasteiger charge is 2.47. The Morgan fingerprint density at radius 2 is 1.22 bits per heavy atom. The van der Waals surface area contributed by atoms with Crippen LogP contribution in [0.5, 0.6) is 0 Å². The maximum Gasteiger partial charge on any atom is 0.145 e. The fourth-order valence-electron chi connectivity index (χ4n) is 10.2. The van der Waals surface area contributed by atoms with Gasteiger partial charge in [0, 0.05) is 16.0 Å². The minimum Gasteiger partial charge on any atom is -0.358 e. The number of hydrogen-bond donors (Lipinski definition) is 1. The van der Waals surface area contributed by atoms with Gasteiger partial charge in [-0.05, 0) is 96.6 Å². The van der Waals surface area contributed by atoms with Crippen LogP contribution < -0.4 is 5.32 Å². The quantitative estimate of drug-likeness (QED) is 0.178. The van der Waals surface area contributed by atoms with E-state index in [9.17, 15) is 0 Å². The average molecular weight is 785 g/mol. The molecule has 3 aliphatic rings. The summed E-state index contributed by atoms with van der Waals surface area (Å²) in [5.74, 6) is 0.260. The lowest BCUT2D eigenvalue weighted by Gasteiger charge is -2.34. The normalized spacial score (nSPS) is 17.2. The molecule has 0 radical (unpaired) electrons. The summed E-state index contributed by atoms with van der Waals surface area (Å²) in [7, 11) is 0. The largest absolute Gasteiger partial charge is 0.358 e. The van der Waals surface area contributed by atoms with Gasteiger partial charge in [0.2, 0.25) is 0 Å². The molecule has 12 rings (SSSR count). The van der Waals surface area contributed by atoms with Gasteiger partial charge in [-0.25, -0.2) is 0 Å². The highest BCUT2D eigenvalue weighted by Crippen LogP contribution is 2.60. The second kappa shape index (κ2) is 14.0. The molecule has 2 unspecified atom stereocenters. The molecule has 1 N–H and O–H groups in total. The van der Waals surface area contributed by atoms with E-state index in [1.54, 1.807) is 0 Å². The molecule has 2 aliphatic carbocycles. The fraction of sp³-hybridized carbons (Fsp3) is 0.0702. The van der Waals surface area contributed by atoms with Crippen LogP contribution in [0.25, 0.3) is 54.2 Å². The van der Waals surface area contributed by atoms with E-state index in [2.05, 4.69) is 218 Å². The van der Waals surface area contributed by atoms with Gasteiger partial charge in [-0.1, -0.05) is 194 Å². The predicted octanol–water partition coefficient (Wildman–Crippen LogP) is 14.8. The Morgan fingerprint density at radius 1 is 0.550 bits per heavy atom. The molecule has 8 aromatic carbocycles. The Kier molecular flexibility index (Phi) is 8.18. The Labute approximate surface area is 354 Å². The number of aliphatic imine (C=N–C) groups is 1. The van der Waals surface area contributed by atoms with Crippen LogP contribution in [0.2, 0.25) is 0 Å². The minimum absolute atomic E-state index is 0.178. The first-order valence-electron chi connectivity index (χ1n) is 20.9. The smallest absolute Gasteiger partial charge is 0.145 e. The zero-order valence-electron chi connectivity index (χ0n) is 32.9. The topological polar surface area (TPSA) is 24.4 Å². The first kappa shape index (κ1) is 34.9. The number of rotatable bonds is 6. The molecule has 1 aromatic heterocycles. The lowest BCUT2D eigenvalue weighted by atomic mass is 9.67. The lowest BCUT2D eigenvalue weighted by Crippen LogP contribution is -2.28. The maximum atomic E-state index is 5.46. The SMILES string of the molecule is C1=CCC(C2=NC(c3ccc(-c4ccc5c(c4)C(c4ccccc4)(c4ccccc4)c4cc6ccccc6c(-c6ccccc6)c4-5)cc3)Nc3c2sc2ccccc32)C=C1. The van der Waals surface area contributed by atoms with E-state index in [1.165, 1.54) is 92.8 Å². The van der Waals surface area contributed by atoms with Crippen molar-refractivity contribution in [1.29, 1.82) is 0 Å². The number of hydrogen-bond acceptors (Lipinski definition) is 3. The van der Waals surface area contributed by atoms with Crippen LogP contribution in [0.15, 0.2) is 217 Å². The number of benzene rings is 8. The molecule has 1 aliphatic heterocycles. The van der Waals surface area contributed by atoms with Crippen LogP contribution in [-0.4, -0.2) is 5.71 Å². The van der Waals surface area contributed by atoms with Crippen LogP contribution in [0.3, 0.4) is 0 Å². The minimum atomic E-state index is -0.544. The molecule has 0 amide bonds. The van der Waals surface area contributed by atoms with Crippen molar-refractivity contribution in [3.8, 4) is 33.4 Å². The molecular weight excluding hydrogens is 745 g/mol. The first-order valence-corrected chi connectivity index (χ1v) is 21.7. The van der Waals surface area contributed by atoms with E-state index in [0.29, 0.717) is 0 Å². The van der Waals surface area contributed by atoms with E-state index in [0.717, 1.165) is 12.0 Å². The van der Waals surface area contributed by atoms with Crippen LogP contribution >= 0.6 is 11.3 Å². The molecule has 2 atom stereocenters. The van der Waals surface area contributed by atoms with Crippen molar-refractivity contribution in [1.82, 2.24) is 0 Å². The third-order valence-electron chi connectivity index (χ3n) is 12.9. The summed E-state index contributed by atoms with van der Waals surface area (Å²) in [5.41, 5.74) is 15.6. The van der Waals surface area contributed by atoms with Gasteiger partial charge in [0.05, 0.1) is 21.7 Å². The summed E-state index contributed by atoms with van der Waals surface area (Å²) in [6.45, 7) is 0. The molecule has 60 heavy (non-hydrogen) atoms. The molecule has 0 bridgehead atoms. The van der Waals surface area contributed by atoms with Crippen molar-refractivity contribution < 1.29 is 0 Å². The zero-order chi connectivity index (χ0) is 39.6. The van der Waals surface area contributed by atoms with Gasteiger partial charge < -0.3 is 5.32 Å². The summed E-state index contributed by atoms with van der Waals surface area (Å²) >= 11 is 1.85. The number of nitrogens with zero attached hydrogens (tertiary/aromatic N) is 1. The van der Waals surface area contributed by atoms with Crippen molar-refractivity contribution in [3.63, 3.8) is 0 Å². The Hall–Kier alpha value is -7.07. The summed E-state index contributed by atoms with van der Waals surface area (Å²) in [4.78, 5) is 6.72. The molecule has 3 heteroatoms. The van der Waals surface area contributed by atoms with E-state index in [4.69, 9.17) is 4.99 Å². The molecular formula is C57H40N2S. The standard InChI is InChI=1S/C57H40N2S/c1-5-17-38(18-6-1)51-45-26-14-13-21-42(45)36-49-52(51)46-34-33-41(35-48(46)57(49,43-22-9-3-10-23-43)44-24-11-4-12-25-44)37-29-31-40(32-30-37)56-58-53(39-19-7-2-8-20-39)55-54(59-56)47-27-15-16-28-50(47)60-55/h1-19,21-36,39,56,59H,20H2. The number of nitrogens with one attached hydrogen (secondary N) is 1. The Balaban J connectivity index is 1.03. The van der Waals surface area contributed by atoms with Gasteiger partial charge in [0.15, 0.2) is 0 Å². The average Bonchev–Trinajstić information content (AvgIpc) is 3.85. The van der Waals surface area contributed by atoms with Crippen molar-refractivity contribution >= 4 is 43.6 Å². The molecule has 284 valence electrons. The molecule has 9 aromatic rings. The van der Waals surface area contributed by atoms with Gasteiger partial charge in [0.25, 0.3) is 0 Å². The van der Waals surface area contributed by atoms with E-state index >= 15 is 0 Å². The zero-order valence-corrected chi connectivity index (χ0v) is 33.7. The van der Waals surface area contributed by atoms with E-state index in [-0.39, 0.29) is 12.1 Å². The molecule has 0 saturated heterocycles. The fourth-order valence-corrected chi connectivity index (χ4v) is 11.4. The number of thiophene rings is 1. The summed E-state index contributed by atoms with van der Waals surface area (Å²) in [6.07, 6.45) is 9.67. The van der Waals surface area contributed by atoms with E-state index in [1.807, 2.05) is 11.3 Å². The number of allylic oxidation sites excluding steroid dienone is 4. The second-order valence-corrected chi connectivity index (χ2v) is 17.2. The Bertz CT molecular complexity index is 3150. The van der Waals surface area contributed by atoms with Gasteiger partial charge >= 0.3 is 0 Å². The van der Waals surface area contributed by atoms with Gasteiger partial charge in [-0.3, -0.25) is 4.99 Å². The second-order valence-electron chi connectivity index (χ2n) is 16.1. The Morgan fingerprint density at radius 3 is 1.95 bits per heavy atom. The molecule has 2 heterocycles. The lowest BCUT2D eigenvalue weighted by molar-refractivity contribution is 0.770. The van der Waals surface area contributed by atoms with Crippen LogP contribution in [0.4, 0.5) is 5.69 Å². The van der Waals surface area contributed by atoms with Crippen LogP contribution in [0.1, 0.15) is 45.3 Å². The monoisotopic (exact) mass is 784 g/mol. The van der Waals surface area contributed by atoms with Gasteiger partial charge in [-0.15, -0.1) is 11.3 Å². The van der Waals surface area contributed by atoms with Crippen molar-refractivity contribution in [2.24, 2.45) is 10.9 Å². The highest BCUT2D eigenvalue weighted by atomic mass is 32.1. The highest BCUT2D eigenvalue weighted by molar-refractivity contribution is 7.21. The first-order chi connectivity index (χ1) is 29.8. The van der Waals surface area contributed by atoms with Crippen molar-refractivity contribution in [2.75, 3.05) is 5.32 Å². The summed E-state index contributed by atoms with van der Waals surface area (Å²) in [6, 6.07) is 69.7. The summed E-state index contributed by atoms with van der Waals surface area (Å²) < 4.78 is 1.29. The predicted molar refractivity (Wildman–Crippen MR) is 253 cm³/mol. The number of anilines is 1. The maximum absolute atomic E-state index is 5.46. The van der Waals surface area contributed by atoms with E-state index < -0.39 is 5.41 Å². The molecule has 0 fully saturated rings. The summed E-state index contributed by atoms with van der Waals surface area (Å²) in [5, 5.41) is 7.65. The van der Waals surface area contributed by atoms with Gasteiger partial charge in [-0.2, -0.15) is 0 Å².